The van der Waals surface area contributed by atoms with E-state index in [1.54, 1.807) is 0 Å². The summed E-state index contributed by atoms with van der Waals surface area (Å²) in [7, 11) is 0. The van der Waals surface area contributed by atoms with Crippen LogP contribution in [0.25, 0.3) is 0 Å². The predicted octanol–water partition coefficient (Wildman–Crippen LogP) is 10.1. The first kappa shape index (κ1) is 30.7. The lowest BCUT2D eigenvalue weighted by Gasteiger charge is -2.05. The van der Waals surface area contributed by atoms with Gasteiger partial charge in [-0.25, -0.2) is 0 Å². The van der Waals surface area contributed by atoms with Gasteiger partial charge in [-0.15, -0.1) is 4.58 Å². The van der Waals surface area contributed by atoms with E-state index in [2.05, 4.69) is 6.92 Å². The third kappa shape index (κ3) is 25.9. The molecule has 0 aromatic heterocycles. The zero-order valence-electron chi connectivity index (χ0n) is 20.9. The second-order valence-electron chi connectivity index (χ2n) is 9.54. The Hall–Kier alpha value is -0.280. The minimum absolute atomic E-state index is 0.179. The molecule has 0 bridgehead atoms. The van der Waals surface area contributed by atoms with Crippen molar-refractivity contribution in [2.75, 3.05) is 0 Å². The van der Waals surface area contributed by atoms with Gasteiger partial charge in [-0.3, -0.25) is 10.0 Å². The molecule has 0 saturated heterocycles. The molecule has 3 nitrogen and oxygen atoms in total. The largest absolute Gasteiger partial charge is 0.271 e. The molecule has 0 heterocycles. The van der Waals surface area contributed by atoms with Crippen molar-refractivity contribution < 1.29 is 10.0 Å². The summed E-state index contributed by atoms with van der Waals surface area (Å²) in [6.07, 6.45) is 33.2. The molecule has 186 valence electrons. The summed E-state index contributed by atoms with van der Waals surface area (Å²) in [5.74, 6) is -0.402. The minimum Gasteiger partial charge on any atom is -0.271 e. The van der Waals surface area contributed by atoms with Gasteiger partial charge in [0.1, 0.15) is 0 Å². The van der Waals surface area contributed by atoms with Crippen molar-refractivity contribution in [3.8, 4) is 0 Å². The first-order valence-corrected chi connectivity index (χ1v) is 14.2. The Kier molecular flexibility index (Phi) is 25.7. The fourth-order valence-electron chi connectivity index (χ4n) is 4.33. The molecular weight excluding hydrogens is 406 g/mol. The lowest BCUT2D eigenvalue weighted by atomic mass is 10.0. The Morgan fingerprint density at radius 1 is 0.516 bits per heavy atom. The summed E-state index contributed by atoms with van der Waals surface area (Å²) >= 11 is 5.17. The number of unbranched alkanes of at least 4 members (excludes halogenated alkanes) is 23. The summed E-state index contributed by atoms with van der Waals surface area (Å²) in [4.78, 5) is 11.1. The highest BCUT2D eigenvalue weighted by Gasteiger charge is 2.06. The number of nitrogens with zero attached hydrogens (tertiary/aromatic N) is 1. The molecule has 0 unspecified atom stereocenters. The average Bonchev–Trinajstić information content (AvgIpc) is 2.76. The van der Waals surface area contributed by atoms with Gasteiger partial charge in [-0.2, -0.15) is 0 Å². The normalized spacial score (nSPS) is 11.2. The third-order valence-corrected chi connectivity index (χ3v) is 6.64. The summed E-state index contributed by atoms with van der Waals surface area (Å²) in [5, 5.41) is 8.75. The monoisotopic (exact) mass is 459 g/mol. The van der Waals surface area contributed by atoms with Gasteiger partial charge in [0.05, 0.1) is 0 Å². The van der Waals surface area contributed by atoms with Crippen LogP contribution in [0.15, 0.2) is 0 Å². The van der Waals surface area contributed by atoms with Gasteiger partial charge >= 0.3 is 0 Å². The van der Waals surface area contributed by atoms with Gasteiger partial charge in [0.2, 0.25) is 0 Å². The van der Waals surface area contributed by atoms with Crippen molar-refractivity contribution in [1.29, 1.82) is 0 Å². The molecule has 1 N–H and O–H groups in total. The van der Waals surface area contributed by atoms with E-state index in [4.69, 9.17) is 17.0 Å². The van der Waals surface area contributed by atoms with E-state index in [-0.39, 0.29) is 4.58 Å². The highest BCUT2D eigenvalue weighted by atomic mass is 35.5. The van der Waals surface area contributed by atoms with Crippen LogP contribution in [0.2, 0.25) is 0 Å². The number of hydroxylamine groups is 1. The summed E-state index contributed by atoms with van der Waals surface area (Å²) < 4.78 is 0.179. The second kappa shape index (κ2) is 26.0. The molecule has 0 aromatic rings. The van der Waals surface area contributed by atoms with Crippen LogP contribution in [-0.2, 0) is 4.79 Å². The van der Waals surface area contributed by atoms with E-state index in [1.807, 2.05) is 0 Å². The molecule has 0 aliphatic carbocycles. The number of hydrogen-bond acceptors (Lipinski definition) is 2. The zero-order valence-corrected chi connectivity index (χ0v) is 21.6. The molecule has 0 spiro atoms. The number of carbonyl (C=O) groups is 1. The molecule has 1 amide bonds. The summed E-state index contributed by atoms with van der Waals surface area (Å²) in [6, 6.07) is 0. The Bertz CT molecular complexity index is 363. The van der Waals surface area contributed by atoms with E-state index in [1.165, 1.54) is 141 Å². The molecular formula is C27H54ClNO2. The smallest absolute Gasteiger partial charge is 0.261 e. The van der Waals surface area contributed by atoms with Crippen LogP contribution in [-0.4, -0.2) is 15.7 Å². The van der Waals surface area contributed by atoms with E-state index in [0.717, 1.165) is 12.8 Å². The molecule has 0 radical (unpaired) electrons. The standard InChI is InChI=1S/C27H54ClNO2/c1-2-3-4-5-6-7-8-9-10-11-12-13-14-15-16-17-18-19-20-21-22-23-24-25-26-27(30)29(28)31/h31H,2-26H2,1H3. The van der Waals surface area contributed by atoms with Crippen molar-refractivity contribution >= 4 is 17.7 Å². The topological polar surface area (TPSA) is 40.5 Å². The van der Waals surface area contributed by atoms with Gasteiger partial charge in [0.25, 0.3) is 5.91 Å². The Morgan fingerprint density at radius 2 is 0.742 bits per heavy atom. The number of amides is 1. The van der Waals surface area contributed by atoms with Crippen LogP contribution in [0, 0.1) is 0 Å². The van der Waals surface area contributed by atoms with Crippen LogP contribution < -0.4 is 0 Å². The molecule has 0 aliphatic heterocycles. The van der Waals surface area contributed by atoms with Crippen molar-refractivity contribution in [2.24, 2.45) is 0 Å². The Morgan fingerprint density at radius 3 is 0.968 bits per heavy atom. The van der Waals surface area contributed by atoms with Crippen molar-refractivity contribution in [3.05, 3.63) is 0 Å². The van der Waals surface area contributed by atoms with Crippen LogP contribution >= 0.6 is 11.8 Å². The fourth-order valence-corrected chi connectivity index (χ4v) is 4.42. The molecule has 4 heteroatoms. The SMILES string of the molecule is CCCCCCCCCCCCCCCCCCCCCCCCCCC(=O)N(O)Cl. The molecule has 31 heavy (non-hydrogen) atoms. The van der Waals surface area contributed by atoms with Crippen LogP contribution in [0.5, 0.6) is 0 Å². The van der Waals surface area contributed by atoms with E-state index < -0.39 is 5.91 Å². The lowest BCUT2D eigenvalue weighted by Crippen LogP contribution is -2.16. The van der Waals surface area contributed by atoms with Crippen LogP contribution in [0.1, 0.15) is 167 Å². The maximum absolute atomic E-state index is 11.1. The number of rotatable bonds is 25. The van der Waals surface area contributed by atoms with E-state index in [9.17, 15) is 4.79 Å². The number of halogens is 1. The van der Waals surface area contributed by atoms with Crippen molar-refractivity contribution in [1.82, 2.24) is 4.58 Å². The van der Waals surface area contributed by atoms with Gasteiger partial charge in [0, 0.05) is 18.2 Å². The molecule has 0 saturated carbocycles. The lowest BCUT2D eigenvalue weighted by molar-refractivity contribution is -0.146. The summed E-state index contributed by atoms with van der Waals surface area (Å²) in [6.45, 7) is 2.29. The maximum Gasteiger partial charge on any atom is 0.261 e. The quantitative estimate of drug-likeness (QED) is 0.0637. The Labute approximate surface area is 199 Å². The molecule has 0 fully saturated rings. The molecule has 0 aliphatic rings. The van der Waals surface area contributed by atoms with Crippen LogP contribution in [0.3, 0.4) is 0 Å². The van der Waals surface area contributed by atoms with Crippen molar-refractivity contribution in [2.45, 2.75) is 167 Å². The Balaban J connectivity index is 3.04. The maximum atomic E-state index is 11.1. The molecule has 0 aromatic carbocycles. The van der Waals surface area contributed by atoms with Crippen LogP contribution in [0.4, 0.5) is 0 Å². The number of carbonyl (C=O) groups excluding carboxylic acids is 1. The van der Waals surface area contributed by atoms with Crippen molar-refractivity contribution in [3.63, 3.8) is 0 Å². The third-order valence-electron chi connectivity index (χ3n) is 6.45. The first-order chi connectivity index (χ1) is 15.2. The van der Waals surface area contributed by atoms with Gasteiger partial charge in [-0.1, -0.05) is 155 Å². The van der Waals surface area contributed by atoms with E-state index >= 15 is 0 Å². The zero-order chi connectivity index (χ0) is 22.8. The van der Waals surface area contributed by atoms with E-state index in [0.29, 0.717) is 6.42 Å². The highest BCUT2D eigenvalue weighted by Crippen LogP contribution is 2.15. The predicted molar refractivity (Wildman–Crippen MR) is 136 cm³/mol. The fraction of sp³-hybridized carbons (Fsp3) is 0.963. The second-order valence-corrected chi connectivity index (χ2v) is 9.86. The summed E-state index contributed by atoms with van der Waals surface area (Å²) in [5.41, 5.74) is 0. The van der Waals surface area contributed by atoms with Gasteiger partial charge < -0.3 is 0 Å². The molecule has 0 rings (SSSR count). The number of hydrogen-bond donors (Lipinski definition) is 1. The van der Waals surface area contributed by atoms with Gasteiger partial charge in [-0.05, 0) is 6.42 Å². The molecule has 0 atom stereocenters. The highest BCUT2D eigenvalue weighted by molar-refractivity contribution is 6.19. The first-order valence-electron chi connectivity index (χ1n) is 13.9. The average molecular weight is 460 g/mol. The minimum atomic E-state index is -0.402. The van der Waals surface area contributed by atoms with Gasteiger partial charge in [0.15, 0.2) is 0 Å².